The lowest BCUT2D eigenvalue weighted by atomic mass is 9.96. The molecule has 2 aromatic carbocycles. The van der Waals surface area contributed by atoms with Gasteiger partial charge < -0.3 is 14.8 Å². The second kappa shape index (κ2) is 8.97. The third-order valence-electron chi connectivity index (χ3n) is 5.71. The number of morpholine rings is 1. The molecule has 3 atom stereocenters. The average molecular weight is 395 g/mol. The van der Waals surface area contributed by atoms with Crippen LogP contribution in [0.25, 0.3) is 0 Å². The van der Waals surface area contributed by atoms with Crippen molar-refractivity contribution >= 4 is 5.91 Å². The van der Waals surface area contributed by atoms with E-state index < -0.39 is 0 Å². The van der Waals surface area contributed by atoms with Gasteiger partial charge in [0, 0.05) is 26.2 Å². The van der Waals surface area contributed by atoms with Crippen LogP contribution in [-0.2, 0) is 29.0 Å². The Morgan fingerprint density at radius 3 is 2.52 bits per heavy atom. The third-order valence-corrected chi connectivity index (χ3v) is 5.71. The van der Waals surface area contributed by atoms with Gasteiger partial charge in [-0.15, -0.1) is 0 Å². The first kappa shape index (κ1) is 19.9. The summed E-state index contributed by atoms with van der Waals surface area (Å²) in [6, 6.07) is 16.3. The first-order valence-corrected chi connectivity index (χ1v) is 10.5. The normalized spacial score (nSPS) is 24.4. The summed E-state index contributed by atoms with van der Waals surface area (Å²) in [5, 5.41) is 3.13. The summed E-state index contributed by atoms with van der Waals surface area (Å²) in [5.74, 6) is 0.816. The van der Waals surface area contributed by atoms with Gasteiger partial charge in [0.1, 0.15) is 12.4 Å². The quantitative estimate of drug-likeness (QED) is 0.846. The standard InChI is InChI=1S/C24H30N2O3/c1-17-13-26(14-18(2)29-17)15-21-9-4-3-8-20(21)12-25-24(27)22-11-19-7-5-6-10-23(19)28-16-22/h3-10,17-18,22H,11-16H2,1-2H3,(H,25,27)/t17-,18-,22-/m1/s1. The number of nitrogens with zero attached hydrogens (tertiary/aromatic N) is 1. The highest BCUT2D eigenvalue weighted by Gasteiger charge is 2.26. The van der Waals surface area contributed by atoms with Crippen molar-refractivity contribution in [2.45, 2.75) is 45.6 Å². The number of benzene rings is 2. The van der Waals surface area contributed by atoms with Crippen LogP contribution < -0.4 is 10.1 Å². The largest absolute Gasteiger partial charge is 0.492 e. The number of ether oxygens (including phenoxy) is 2. The summed E-state index contributed by atoms with van der Waals surface area (Å²) in [6.45, 7) is 7.98. The summed E-state index contributed by atoms with van der Waals surface area (Å²) in [5.41, 5.74) is 3.54. The fraction of sp³-hybridized carbons (Fsp3) is 0.458. The lowest BCUT2D eigenvalue weighted by Gasteiger charge is -2.35. The molecule has 2 aromatic rings. The van der Waals surface area contributed by atoms with Crippen molar-refractivity contribution in [2.75, 3.05) is 19.7 Å². The van der Waals surface area contributed by atoms with Crippen molar-refractivity contribution in [3.63, 3.8) is 0 Å². The molecule has 1 saturated heterocycles. The molecule has 0 aliphatic carbocycles. The van der Waals surface area contributed by atoms with Crippen molar-refractivity contribution in [1.29, 1.82) is 0 Å². The van der Waals surface area contributed by atoms with Gasteiger partial charge in [-0.05, 0) is 43.0 Å². The van der Waals surface area contributed by atoms with E-state index in [2.05, 4.69) is 42.3 Å². The Balaban J connectivity index is 1.36. The maximum Gasteiger partial charge on any atom is 0.227 e. The van der Waals surface area contributed by atoms with Crippen molar-refractivity contribution in [3.05, 3.63) is 65.2 Å². The average Bonchev–Trinajstić information content (AvgIpc) is 2.72. The molecule has 29 heavy (non-hydrogen) atoms. The van der Waals surface area contributed by atoms with Gasteiger partial charge in [-0.2, -0.15) is 0 Å². The van der Waals surface area contributed by atoms with Crippen LogP contribution in [-0.4, -0.2) is 42.7 Å². The Hall–Kier alpha value is -2.37. The summed E-state index contributed by atoms with van der Waals surface area (Å²) in [7, 11) is 0. The molecule has 2 aliphatic heterocycles. The summed E-state index contributed by atoms with van der Waals surface area (Å²) in [4.78, 5) is 15.2. The highest BCUT2D eigenvalue weighted by atomic mass is 16.5. The maximum atomic E-state index is 12.8. The third kappa shape index (κ3) is 4.98. The molecule has 0 saturated carbocycles. The van der Waals surface area contributed by atoms with E-state index in [0.29, 0.717) is 13.2 Å². The molecule has 0 unspecified atom stereocenters. The van der Waals surface area contributed by atoms with Crippen LogP contribution in [0.4, 0.5) is 0 Å². The van der Waals surface area contributed by atoms with Gasteiger partial charge in [0.15, 0.2) is 0 Å². The molecule has 0 radical (unpaired) electrons. The van der Waals surface area contributed by atoms with Crippen LogP contribution in [0, 0.1) is 5.92 Å². The van der Waals surface area contributed by atoms with Gasteiger partial charge in [-0.1, -0.05) is 42.5 Å². The highest BCUT2D eigenvalue weighted by molar-refractivity contribution is 5.79. The SMILES string of the molecule is C[C@@H]1CN(Cc2ccccc2CNC(=O)[C@H]2COc3ccccc3C2)C[C@@H](C)O1. The Morgan fingerprint density at radius 2 is 1.72 bits per heavy atom. The lowest BCUT2D eigenvalue weighted by molar-refractivity contribution is -0.126. The number of fused-ring (bicyclic) bond motifs is 1. The minimum atomic E-state index is -0.141. The molecule has 154 valence electrons. The van der Waals surface area contributed by atoms with Gasteiger partial charge in [-0.3, -0.25) is 9.69 Å². The molecule has 0 bridgehead atoms. The summed E-state index contributed by atoms with van der Waals surface area (Å²) >= 11 is 0. The molecule has 2 aliphatic rings. The van der Waals surface area contributed by atoms with Crippen molar-refractivity contribution in [3.8, 4) is 5.75 Å². The van der Waals surface area contributed by atoms with Crippen LogP contribution in [0.3, 0.4) is 0 Å². The van der Waals surface area contributed by atoms with Gasteiger partial charge in [0.05, 0.1) is 18.1 Å². The molecule has 0 spiro atoms. The van der Waals surface area contributed by atoms with Crippen LogP contribution in [0.1, 0.15) is 30.5 Å². The highest BCUT2D eigenvalue weighted by Crippen LogP contribution is 2.27. The first-order chi connectivity index (χ1) is 14.1. The van der Waals surface area contributed by atoms with E-state index in [1.54, 1.807) is 0 Å². The second-order valence-electron chi connectivity index (χ2n) is 8.26. The number of hydrogen-bond acceptors (Lipinski definition) is 4. The lowest BCUT2D eigenvalue weighted by Crippen LogP contribution is -2.45. The predicted molar refractivity (Wildman–Crippen MR) is 113 cm³/mol. The minimum absolute atomic E-state index is 0.0583. The number of carbonyl (C=O) groups excluding carboxylic acids is 1. The Bertz CT molecular complexity index is 844. The zero-order valence-electron chi connectivity index (χ0n) is 17.3. The number of hydrogen-bond donors (Lipinski definition) is 1. The van der Waals surface area contributed by atoms with Crippen molar-refractivity contribution in [2.24, 2.45) is 5.92 Å². The van der Waals surface area contributed by atoms with E-state index in [4.69, 9.17) is 9.47 Å². The van der Waals surface area contributed by atoms with Crippen LogP contribution in [0.2, 0.25) is 0 Å². The molecule has 4 rings (SSSR count). The molecule has 2 heterocycles. The Morgan fingerprint density at radius 1 is 1.03 bits per heavy atom. The number of amides is 1. The molecular weight excluding hydrogens is 364 g/mol. The zero-order chi connectivity index (χ0) is 20.2. The molecule has 1 amide bonds. The predicted octanol–water partition coefficient (Wildman–Crippen LogP) is 3.16. The molecule has 1 N–H and O–H groups in total. The van der Waals surface area contributed by atoms with Gasteiger partial charge in [0.25, 0.3) is 0 Å². The zero-order valence-corrected chi connectivity index (χ0v) is 17.3. The van der Waals surface area contributed by atoms with Crippen LogP contribution >= 0.6 is 0 Å². The number of nitrogens with one attached hydrogen (secondary N) is 1. The number of para-hydroxylation sites is 1. The summed E-state index contributed by atoms with van der Waals surface area (Å²) < 4.78 is 11.6. The monoisotopic (exact) mass is 394 g/mol. The van der Waals surface area contributed by atoms with E-state index in [9.17, 15) is 4.79 Å². The Kier molecular flexibility index (Phi) is 6.16. The number of carbonyl (C=O) groups is 1. The Labute approximate surface area is 173 Å². The molecule has 0 aromatic heterocycles. The minimum Gasteiger partial charge on any atom is -0.492 e. The van der Waals surface area contributed by atoms with Gasteiger partial charge >= 0.3 is 0 Å². The topological polar surface area (TPSA) is 50.8 Å². The molecule has 1 fully saturated rings. The first-order valence-electron chi connectivity index (χ1n) is 10.5. The smallest absolute Gasteiger partial charge is 0.227 e. The van der Waals surface area contributed by atoms with Crippen LogP contribution in [0.15, 0.2) is 48.5 Å². The molecular formula is C24H30N2O3. The van der Waals surface area contributed by atoms with E-state index in [-0.39, 0.29) is 24.0 Å². The van der Waals surface area contributed by atoms with Crippen molar-refractivity contribution < 1.29 is 14.3 Å². The van der Waals surface area contributed by atoms with Gasteiger partial charge in [0.2, 0.25) is 5.91 Å². The summed E-state index contributed by atoms with van der Waals surface area (Å²) in [6.07, 6.45) is 1.23. The maximum absolute atomic E-state index is 12.8. The van der Waals surface area contributed by atoms with Crippen molar-refractivity contribution in [1.82, 2.24) is 10.2 Å². The van der Waals surface area contributed by atoms with E-state index in [1.165, 1.54) is 11.1 Å². The number of rotatable bonds is 5. The van der Waals surface area contributed by atoms with E-state index >= 15 is 0 Å². The van der Waals surface area contributed by atoms with E-state index in [1.807, 2.05) is 30.3 Å². The van der Waals surface area contributed by atoms with Gasteiger partial charge in [-0.25, -0.2) is 0 Å². The molecule has 5 nitrogen and oxygen atoms in total. The van der Waals surface area contributed by atoms with Crippen LogP contribution in [0.5, 0.6) is 5.75 Å². The van der Waals surface area contributed by atoms with E-state index in [0.717, 1.165) is 37.4 Å². The second-order valence-corrected chi connectivity index (χ2v) is 8.26. The fourth-order valence-corrected chi connectivity index (χ4v) is 4.36. The fourth-order valence-electron chi connectivity index (χ4n) is 4.36. The molecule has 5 heteroatoms.